The highest BCUT2D eigenvalue weighted by Gasteiger charge is 2.33. The van der Waals surface area contributed by atoms with Gasteiger partial charge in [0.25, 0.3) is 0 Å². The van der Waals surface area contributed by atoms with Crippen molar-refractivity contribution in [1.82, 2.24) is 4.72 Å². The summed E-state index contributed by atoms with van der Waals surface area (Å²) >= 11 is 4.74. The third kappa shape index (κ3) is 6.45. The van der Waals surface area contributed by atoms with Gasteiger partial charge in [-0.3, -0.25) is 4.79 Å². The van der Waals surface area contributed by atoms with Crippen molar-refractivity contribution in [3.05, 3.63) is 57.4 Å². The van der Waals surface area contributed by atoms with Crippen LogP contribution in [0.2, 0.25) is 5.02 Å². The zero-order chi connectivity index (χ0) is 23.5. The highest BCUT2D eigenvalue weighted by Crippen LogP contribution is 2.36. The molecule has 2 atom stereocenters. The van der Waals surface area contributed by atoms with E-state index in [0.29, 0.717) is 0 Å². The molecule has 2 rings (SSSR count). The van der Waals surface area contributed by atoms with E-state index in [-0.39, 0.29) is 23.6 Å². The highest BCUT2D eigenvalue weighted by atomic mass is 35.5. The first-order valence-corrected chi connectivity index (χ1v) is 11.8. The number of halogens is 2. The van der Waals surface area contributed by atoms with Crippen LogP contribution < -0.4 is 4.72 Å². The topological polar surface area (TPSA) is 61.4 Å². The summed E-state index contributed by atoms with van der Waals surface area (Å²) in [6.07, 6.45) is -0.168. The van der Waals surface area contributed by atoms with E-state index in [1.807, 2.05) is 20.8 Å². The lowest BCUT2D eigenvalue weighted by atomic mass is 9.91. The first-order chi connectivity index (χ1) is 14.3. The Morgan fingerprint density at radius 3 is 2.29 bits per heavy atom. The second kappa shape index (κ2) is 10.3. The van der Waals surface area contributed by atoms with Crippen molar-refractivity contribution >= 4 is 28.9 Å². The number of hydrogen-bond acceptors (Lipinski definition) is 4. The molecule has 2 aromatic rings. The number of esters is 1. The van der Waals surface area contributed by atoms with Gasteiger partial charge < -0.3 is 9.29 Å². The number of carbonyl (C=O) groups excluding carboxylic acids is 1. The quantitative estimate of drug-likeness (QED) is 0.393. The lowest BCUT2D eigenvalue weighted by molar-refractivity contribution is -0.143. The summed E-state index contributed by atoms with van der Waals surface area (Å²) in [6.45, 7) is 13.3. The van der Waals surface area contributed by atoms with E-state index >= 15 is 4.39 Å². The minimum absolute atomic E-state index is 0.0518. The van der Waals surface area contributed by atoms with Gasteiger partial charge in [0.15, 0.2) is 0 Å². The Balaban J connectivity index is 2.61. The highest BCUT2D eigenvalue weighted by molar-refractivity contribution is 7.90. The maximum Gasteiger partial charge on any atom is 0.307 e. The first kappa shape index (κ1) is 25.7. The number of carbonyl (C=O) groups is 1. The molecule has 0 radical (unpaired) electrons. The zero-order valence-corrected chi connectivity index (χ0v) is 20.8. The maximum absolute atomic E-state index is 15.2. The lowest BCUT2D eigenvalue weighted by Crippen LogP contribution is -2.42. The van der Waals surface area contributed by atoms with Gasteiger partial charge in [0.1, 0.15) is 10.6 Å². The number of rotatable bonds is 7. The van der Waals surface area contributed by atoms with Crippen LogP contribution >= 0.6 is 11.6 Å². The summed E-state index contributed by atoms with van der Waals surface area (Å²) in [6, 6.07) is 6.53. The molecule has 2 aromatic carbocycles. The Morgan fingerprint density at radius 1 is 1.19 bits per heavy atom. The Hall–Kier alpha value is -1.60. The minimum atomic E-state index is -1.53. The molecule has 170 valence electrons. The van der Waals surface area contributed by atoms with E-state index in [1.165, 1.54) is 0 Å². The Bertz CT molecular complexity index is 936. The molecular formula is C24H31ClFNO3S. The molecule has 31 heavy (non-hydrogen) atoms. The average molecular weight is 468 g/mol. The molecule has 0 aliphatic carbocycles. The van der Waals surface area contributed by atoms with Gasteiger partial charge in [0.2, 0.25) is 0 Å². The van der Waals surface area contributed by atoms with Crippen LogP contribution in [0.25, 0.3) is 11.1 Å². The summed E-state index contributed by atoms with van der Waals surface area (Å²) in [5.41, 5.74) is 5.11. The molecule has 7 heteroatoms. The summed E-state index contributed by atoms with van der Waals surface area (Å²) < 4.78 is 35.3. The molecule has 0 spiro atoms. The summed E-state index contributed by atoms with van der Waals surface area (Å²) in [5.74, 6) is -1.14. The molecule has 0 bridgehead atoms. The van der Waals surface area contributed by atoms with Crippen molar-refractivity contribution in [2.24, 2.45) is 0 Å². The van der Waals surface area contributed by atoms with Gasteiger partial charge in [0.05, 0.1) is 24.1 Å². The Morgan fingerprint density at radius 2 is 1.77 bits per heavy atom. The van der Waals surface area contributed by atoms with Crippen LogP contribution in [0.1, 0.15) is 62.4 Å². The van der Waals surface area contributed by atoms with Crippen LogP contribution in [0.3, 0.4) is 0 Å². The smallest absolute Gasteiger partial charge is 0.307 e. The van der Waals surface area contributed by atoms with Gasteiger partial charge in [-0.15, -0.1) is 4.72 Å². The second-order valence-corrected chi connectivity index (χ2v) is 11.1. The van der Waals surface area contributed by atoms with Gasteiger partial charge in [-0.1, -0.05) is 29.3 Å². The predicted octanol–water partition coefficient (Wildman–Crippen LogP) is 6.12. The fourth-order valence-corrected chi connectivity index (χ4v) is 4.60. The second-order valence-electron chi connectivity index (χ2n) is 8.70. The van der Waals surface area contributed by atoms with Crippen LogP contribution in [-0.4, -0.2) is 21.9 Å². The van der Waals surface area contributed by atoms with E-state index in [9.17, 15) is 9.35 Å². The number of hydrogen-bond donors (Lipinski definition) is 1. The Kier molecular flexibility index (Phi) is 8.56. The fourth-order valence-electron chi connectivity index (χ4n) is 3.55. The van der Waals surface area contributed by atoms with E-state index < -0.39 is 33.9 Å². The summed E-state index contributed by atoms with van der Waals surface area (Å²) in [4.78, 5) is 12.2. The molecule has 0 saturated carbocycles. The van der Waals surface area contributed by atoms with Crippen LogP contribution in [0, 0.1) is 26.6 Å². The fraction of sp³-hybridized carbons (Fsp3) is 0.458. The standard InChI is InChI=1S/C24H31ClFNO3S/c1-8-30-21(28)13-20(27-31(29)24(5,6)7)18-11-17(12-19(25)23(18)26)22-15(3)9-14(2)10-16(22)4/h9-12,20,27H,8,13H2,1-7H3/t20-,31?/m0/s1. The van der Waals surface area contributed by atoms with Crippen molar-refractivity contribution < 1.29 is 18.5 Å². The normalized spacial score (nSPS) is 13.7. The molecule has 0 heterocycles. The molecule has 0 aliphatic heterocycles. The van der Waals surface area contributed by atoms with Crippen molar-refractivity contribution in [2.75, 3.05) is 6.61 Å². The minimum Gasteiger partial charge on any atom is -0.598 e. The maximum atomic E-state index is 15.2. The summed E-state index contributed by atoms with van der Waals surface area (Å²) in [7, 11) is 0. The molecule has 0 aromatic heterocycles. The third-order valence-electron chi connectivity index (χ3n) is 4.88. The predicted molar refractivity (Wildman–Crippen MR) is 126 cm³/mol. The van der Waals surface area contributed by atoms with E-state index in [4.69, 9.17) is 16.3 Å². The number of aryl methyl sites for hydroxylation is 3. The molecule has 1 unspecified atom stereocenters. The molecule has 0 fully saturated rings. The average Bonchev–Trinajstić information content (AvgIpc) is 2.62. The SMILES string of the molecule is CCOC(=O)C[C@H](N[S+]([O-])C(C)(C)C)c1cc(-c2c(C)cc(C)cc2C)cc(Cl)c1F. The number of benzene rings is 2. The zero-order valence-electron chi connectivity index (χ0n) is 19.2. The van der Waals surface area contributed by atoms with Gasteiger partial charge in [-0.25, -0.2) is 4.39 Å². The van der Waals surface area contributed by atoms with Gasteiger partial charge in [0, 0.05) is 16.9 Å². The molecule has 0 aliphatic rings. The lowest BCUT2D eigenvalue weighted by Gasteiger charge is -2.28. The molecular weight excluding hydrogens is 437 g/mol. The van der Waals surface area contributed by atoms with Crippen molar-refractivity contribution in [3.8, 4) is 11.1 Å². The number of nitrogens with one attached hydrogen (secondary N) is 1. The molecule has 4 nitrogen and oxygen atoms in total. The van der Waals surface area contributed by atoms with Crippen LogP contribution in [0.5, 0.6) is 0 Å². The number of ether oxygens (including phenoxy) is 1. The molecule has 0 amide bonds. The van der Waals surface area contributed by atoms with Gasteiger partial charge >= 0.3 is 5.97 Å². The van der Waals surface area contributed by atoms with E-state index in [0.717, 1.165) is 27.8 Å². The van der Waals surface area contributed by atoms with E-state index in [1.54, 1.807) is 39.8 Å². The molecule has 0 saturated heterocycles. The monoisotopic (exact) mass is 467 g/mol. The first-order valence-electron chi connectivity index (χ1n) is 10.3. The molecule has 1 N–H and O–H groups in total. The van der Waals surface area contributed by atoms with Crippen LogP contribution in [-0.2, 0) is 20.9 Å². The van der Waals surface area contributed by atoms with Gasteiger partial charge in [-0.2, -0.15) is 0 Å². The largest absolute Gasteiger partial charge is 0.598 e. The Labute approximate surface area is 192 Å². The van der Waals surface area contributed by atoms with Gasteiger partial charge in [-0.05, 0) is 82.9 Å². The van der Waals surface area contributed by atoms with E-state index in [2.05, 4.69) is 16.9 Å². The van der Waals surface area contributed by atoms with Crippen LogP contribution in [0.4, 0.5) is 4.39 Å². The third-order valence-corrected chi connectivity index (χ3v) is 6.77. The van der Waals surface area contributed by atoms with Crippen molar-refractivity contribution in [3.63, 3.8) is 0 Å². The van der Waals surface area contributed by atoms with Crippen LogP contribution in [0.15, 0.2) is 24.3 Å². The van der Waals surface area contributed by atoms with Crippen molar-refractivity contribution in [2.45, 2.75) is 65.7 Å². The van der Waals surface area contributed by atoms with Crippen molar-refractivity contribution in [1.29, 1.82) is 0 Å². The summed E-state index contributed by atoms with van der Waals surface area (Å²) in [5, 5.41) is -0.0518.